The van der Waals surface area contributed by atoms with Crippen LogP contribution in [0.25, 0.3) is 0 Å². The summed E-state index contributed by atoms with van der Waals surface area (Å²) in [6, 6.07) is 12.5. The molecule has 0 unspecified atom stereocenters. The Balaban J connectivity index is 2.15. The second-order valence-electron chi connectivity index (χ2n) is 5.15. The standard InChI is InChI=1S/C17H18FNOS/c1-11(2)14-5-3-4-6-16(14)20-10-13-8-7-12(17(19)21)9-15(13)18/h3-9,11H,10H2,1-2H3,(H2,19,21). The summed E-state index contributed by atoms with van der Waals surface area (Å²) in [6.45, 7) is 4.37. The molecule has 2 aromatic rings. The number of nitrogens with two attached hydrogens (primary N) is 1. The molecule has 0 bridgehead atoms. The van der Waals surface area contributed by atoms with Gasteiger partial charge >= 0.3 is 0 Å². The van der Waals surface area contributed by atoms with Gasteiger partial charge in [-0.3, -0.25) is 0 Å². The van der Waals surface area contributed by atoms with Crippen molar-refractivity contribution in [1.29, 1.82) is 0 Å². The van der Waals surface area contributed by atoms with Crippen molar-refractivity contribution in [2.24, 2.45) is 5.73 Å². The Bertz CT molecular complexity index is 655. The average molecular weight is 303 g/mol. The number of hydrogen-bond acceptors (Lipinski definition) is 2. The van der Waals surface area contributed by atoms with Crippen LogP contribution in [0.5, 0.6) is 5.75 Å². The van der Waals surface area contributed by atoms with Crippen LogP contribution < -0.4 is 10.5 Å². The summed E-state index contributed by atoms with van der Waals surface area (Å²) in [5, 5.41) is 0. The van der Waals surface area contributed by atoms with Crippen molar-refractivity contribution >= 4 is 17.2 Å². The van der Waals surface area contributed by atoms with Crippen LogP contribution in [0.4, 0.5) is 4.39 Å². The second-order valence-corrected chi connectivity index (χ2v) is 5.59. The van der Waals surface area contributed by atoms with Gasteiger partial charge in [0.1, 0.15) is 23.2 Å². The number of para-hydroxylation sites is 1. The number of rotatable bonds is 5. The lowest BCUT2D eigenvalue weighted by molar-refractivity contribution is 0.295. The zero-order valence-corrected chi connectivity index (χ0v) is 12.9. The fraction of sp³-hybridized carbons (Fsp3) is 0.235. The zero-order chi connectivity index (χ0) is 15.4. The van der Waals surface area contributed by atoms with E-state index in [1.807, 2.05) is 24.3 Å². The molecule has 2 aromatic carbocycles. The van der Waals surface area contributed by atoms with Gasteiger partial charge in [0.15, 0.2) is 0 Å². The molecule has 0 aliphatic heterocycles. The van der Waals surface area contributed by atoms with E-state index < -0.39 is 0 Å². The highest BCUT2D eigenvalue weighted by Crippen LogP contribution is 2.26. The monoisotopic (exact) mass is 303 g/mol. The van der Waals surface area contributed by atoms with Crippen LogP contribution in [0, 0.1) is 5.82 Å². The van der Waals surface area contributed by atoms with Gasteiger partial charge in [0.2, 0.25) is 0 Å². The maximum atomic E-state index is 14.0. The SMILES string of the molecule is CC(C)c1ccccc1OCc1ccc(C(N)=S)cc1F. The van der Waals surface area contributed by atoms with E-state index in [9.17, 15) is 4.39 Å². The Morgan fingerprint density at radius 2 is 1.95 bits per heavy atom. The topological polar surface area (TPSA) is 35.2 Å². The highest BCUT2D eigenvalue weighted by atomic mass is 32.1. The summed E-state index contributed by atoms with van der Waals surface area (Å²) in [7, 11) is 0. The summed E-state index contributed by atoms with van der Waals surface area (Å²) in [5.41, 5.74) is 7.60. The zero-order valence-electron chi connectivity index (χ0n) is 12.1. The smallest absolute Gasteiger partial charge is 0.130 e. The minimum Gasteiger partial charge on any atom is -0.489 e. The van der Waals surface area contributed by atoms with Crippen molar-refractivity contribution in [3.8, 4) is 5.75 Å². The molecule has 0 atom stereocenters. The molecule has 0 aromatic heterocycles. The molecular weight excluding hydrogens is 285 g/mol. The summed E-state index contributed by atoms with van der Waals surface area (Å²) in [4.78, 5) is 0.187. The third-order valence-corrected chi connectivity index (χ3v) is 3.50. The molecule has 0 saturated heterocycles. The van der Waals surface area contributed by atoms with Gasteiger partial charge in [0.05, 0.1) is 0 Å². The minimum atomic E-state index is -0.359. The first-order chi connectivity index (χ1) is 9.99. The van der Waals surface area contributed by atoms with Crippen LogP contribution in [-0.4, -0.2) is 4.99 Å². The van der Waals surface area contributed by atoms with Crippen molar-refractivity contribution in [3.05, 3.63) is 65.0 Å². The molecule has 110 valence electrons. The average Bonchev–Trinajstić information content (AvgIpc) is 2.46. The van der Waals surface area contributed by atoms with E-state index in [1.165, 1.54) is 6.07 Å². The van der Waals surface area contributed by atoms with Crippen LogP contribution in [-0.2, 0) is 6.61 Å². The van der Waals surface area contributed by atoms with Gasteiger partial charge in [0.25, 0.3) is 0 Å². The second kappa shape index (κ2) is 6.68. The van der Waals surface area contributed by atoms with E-state index in [0.29, 0.717) is 17.0 Å². The molecular formula is C17H18FNOS. The first kappa shape index (κ1) is 15.4. The lowest BCUT2D eigenvalue weighted by Crippen LogP contribution is -2.10. The Morgan fingerprint density at radius 1 is 1.24 bits per heavy atom. The number of halogens is 1. The molecule has 0 saturated carbocycles. The fourth-order valence-corrected chi connectivity index (χ4v) is 2.19. The van der Waals surface area contributed by atoms with E-state index in [-0.39, 0.29) is 17.4 Å². The molecule has 0 aliphatic rings. The van der Waals surface area contributed by atoms with Crippen molar-refractivity contribution in [2.45, 2.75) is 26.4 Å². The molecule has 21 heavy (non-hydrogen) atoms. The predicted octanol–water partition coefficient (Wildman–Crippen LogP) is 4.16. The van der Waals surface area contributed by atoms with Crippen molar-refractivity contribution < 1.29 is 9.13 Å². The molecule has 0 heterocycles. The number of ether oxygens (including phenoxy) is 1. The quantitative estimate of drug-likeness (QED) is 0.842. The van der Waals surface area contributed by atoms with Gasteiger partial charge in [-0.2, -0.15) is 0 Å². The van der Waals surface area contributed by atoms with Crippen LogP contribution in [0.3, 0.4) is 0 Å². The van der Waals surface area contributed by atoms with Gasteiger partial charge in [-0.1, -0.05) is 56.4 Å². The van der Waals surface area contributed by atoms with Crippen LogP contribution >= 0.6 is 12.2 Å². The molecule has 4 heteroatoms. The lowest BCUT2D eigenvalue weighted by atomic mass is 10.0. The van der Waals surface area contributed by atoms with E-state index in [0.717, 1.165) is 11.3 Å². The van der Waals surface area contributed by atoms with Crippen molar-refractivity contribution in [2.75, 3.05) is 0 Å². The Hall–Kier alpha value is -1.94. The first-order valence-electron chi connectivity index (χ1n) is 6.79. The number of thiocarbonyl (C=S) groups is 1. The van der Waals surface area contributed by atoms with E-state index >= 15 is 0 Å². The van der Waals surface area contributed by atoms with Crippen LogP contribution in [0.15, 0.2) is 42.5 Å². The Morgan fingerprint density at radius 3 is 2.57 bits per heavy atom. The summed E-state index contributed by atoms with van der Waals surface area (Å²) < 4.78 is 19.7. The maximum Gasteiger partial charge on any atom is 0.130 e. The van der Waals surface area contributed by atoms with E-state index in [1.54, 1.807) is 12.1 Å². The molecule has 2 nitrogen and oxygen atoms in total. The normalized spacial score (nSPS) is 10.7. The summed E-state index contributed by atoms with van der Waals surface area (Å²) in [6.07, 6.45) is 0. The first-order valence-corrected chi connectivity index (χ1v) is 7.20. The van der Waals surface area contributed by atoms with Gasteiger partial charge < -0.3 is 10.5 Å². The predicted molar refractivity (Wildman–Crippen MR) is 87.2 cm³/mol. The largest absolute Gasteiger partial charge is 0.489 e. The highest BCUT2D eigenvalue weighted by molar-refractivity contribution is 7.80. The lowest BCUT2D eigenvalue weighted by Gasteiger charge is -2.14. The van der Waals surface area contributed by atoms with Gasteiger partial charge in [0, 0.05) is 11.1 Å². The summed E-state index contributed by atoms with van der Waals surface area (Å²) in [5.74, 6) is 0.774. The van der Waals surface area contributed by atoms with Crippen LogP contribution in [0.1, 0.15) is 36.5 Å². The third-order valence-electron chi connectivity index (χ3n) is 3.26. The molecule has 2 rings (SSSR count). The Kier molecular flexibility index (Phi) is 4.91. The molecule has 0 fully saturated rings. The van der Waals surface area contributed by atoms with Gasteiger partial charge in [-0.15, -0.1) is 0 Å². The summed E-state index contributed by atoms with van der Waals surface area (Å²) >= 11 is 4.83. The highest BCUT2D eigenvalue weighted by Gasteiger charge is 2.09. The fourth-order valence-electron chi connectivity index (χ4n) is 2.06. The third kappa shape index (κ3) is 3.79. The number of benzene rings is 2. The molecule has 0 amide bonds. The van der Waals surface area contributed by atoms with Crippen molar-refractivity contribution in [1.82, 2.24) is 0 Å². The van der Waals surface area contributed by atoms with Crippen molar-refractivity contribution in [3.63, 3.8) is 0 Å². The molecule has 0 spiro atoms. The minimum absolute atomic E-state index is 0.174. The molecule has 0 radical (unpaired) electrons. The van der Waals surface area contributed by atoms with E-state index in [4.69, 9.17) is 22.7 Å². The van der Waals surface area contributed by atoms with Crippen LogP contribution in [0.2, 0.25) is 0 Å². The van der Waals surface area contributed by atoms with E-state index in [2.05, 4.69) is 13.8 Å². The number of hydrogen-bond donors (Lipinski definition) is 1. The molecule has 2 N–H and O–H groups in total. The van der Waals surface area contributed by atoms with Gasteiger partial charge in [-0.05, 0) is 23.6 Å². The Labute approximate surface area is 129 Å². The molecule has 0 aliphatic carbocycles. The van der Waals surface area contributed by atoms with Gasteiger partial charge in [-0.25, -0.2) is 4.39 Å². The maximum absolute atomic E-state index is 14.0.